The average molecular weight is 547 g/mol. The summed E-state index contributed by atoms with van der Waals surface area (Å²) < 4.78 is 0.809. The van der Waals surface area contributed by atoms with Crippen LogP contribution in [0.5, 0.6) is 0 Å². The highest BCUT2D eigenvalue weighted by atomic mass is 35.5. The quantitative estimate of drug-likeness (QED) is 0.426. The van der Waals surface area contributed by atoms with E-state index in [1.54, 1.807) is 18.2 Å². The second kappa shape index (κ2) is 8.99. The predicted molar refractivity (Wildman–Crippen MR) is 135 cm³/mol. The number of rotatable bonds is 4. The van der Waals surface area contributed by atoms with Crippen LogP contribution in [0.25, 0.3) is 10.2 Å². The highest BCUT2D eigenvalue weighted by Crippen LogP contribution is 2.35. The second-order valence-electron chi connectivity index (χ2n) is 9.05. The van der Waals surface area contributed by atoms with E-state index in [0.717, 1.165) is 4.70 Å². The van der Waals surface area contributed by atoms with Gasteiger partial charge in [0.1, 0.15) is 22.4 Å². The largest absolute Gasteiger partial charge is 0.326 e. The molecule has 0 radical (unpaired) electrons. The number of thiazole rings is 1. The van der Waals surface area contributed by atoms with E-state index in [0.29, 0.717) is 31.8 Å². The van der Waals surface area contributed by atoms with Crippen molar-refractivity contribution in [2.45, 2.75) is 44.8 Å². The molecule has 36 heavy (non-hydrogen) atoms. The molecule has 13 heteroatoms. The number of aromatic nitrogens is 2. The van der Waals surface area contributed by atoms with E-state index < -0.39 is 23.5 Å². The predicted octanol–water partition coefficient (Wildman–Crippen LogP) is 3.82. The number of benzene rings is 1. The first-order valence-electron chi connectivity index (χ1n) is 11.0. The highest BCUT2D eigenvalue weighted by Gasteiger charge is 2.40. The summed E-state index contributed by atoms with van der Waals surface area (Å²) in [6.07, 6.45) is 0.427. The molecule has 2 aliphatic rings. The van der Waals surface area contributed by atoms with Gasteiger partial charge in [0.2, 0.25) is 11.8 Å². The lowest BCUT2D eigenvalue weighted by Crippen LogP contribution is -2.52. The Kier molecular flexibility index (Phi) is 6.09. The molecular formula is C23H20Cl2N6O4S. The van der Waals surface area contributed by atoms with Gasteiger partial charge in [-0.2, -0.15) is 0 Å². The third kappa shape index (κ3) is 4.49. The molecule has 3 N–H and O–H groups in total. The van der Waals surface area contributed by atoms with Gasteiger partial charge in [0, 0.05) is 11.4 Å². The lowest BCUT2D eigenvalue weighted by molar-refractivity contribution is -0.136. The standard InChI is InChI=1S/C23H20Cl2N6O4S/c1-23(2,21-29-18-12(25)7-10(24)8-15(18)36-21)30-22(35)27-16-5-3-11-13(26-16)9-31(20(11)34)14-4-6-17(32)28-19(14)33/h3,5,7-8,14H,4,6,9H2,1-2H3,(H,28,32,33)(H2,26,27,30,35). The van der Waals surface area contributed by atoms with Crippen molar-refractivity contribution < 1.29 is 19.2 Å². The van der Waals surface area contributed by atoms with Gasteiger partial charge in [0.15, 0.2) is 0 Å². The molecule has 5 amide bonds. The zero-order valence-electron chi connectivity index (χ0n) is 19.1. The number of halogens is 2. The van der Waals surface area contributed by atoms with Gasteiger partial charge in [0.25, 0.3) is 5.91 Å². The summed E-state index contributed by atoms with van der Waals surface area (Å²) >= 11 is 13.7. The Hall–Kier alpha value is -3.28. The van der Waals surface area contributed by atoms with E-state index in [9.17, 15) is 19.2 Å². The van der Waals surface area contributed by atoms with Crippen LogP contribution in [-0.4, -0.2) is 44.7 Å². The molecule has 10 nitrogen and oxygen atoms in total. The van der Waals surface area contributed by atoms with Crippen LogP contribution < -0.4 is 16.0 Å². The van der Waals surface area contributed by atoms with Crippen molar-refractivity contribution in [2.75, 3.05) is 5.32 Å². The normalized spacial score (nSPS) is 17.8. The Morgan fingerprint density at radius 3 is 2.72 bits per heavy atom. The summed E-state index contributed by atoms with van der Waals surface area (Å²) in [6, 6.07) is 5.24. The third-order valence-electron chi connectivity index (χ3n) is 5.99. The fraction of sp³-hybridized carbons (Fsp3) is 0.304. The number of imide groups is 1. The van der Waals surface area contributed by atoms with Gasteiger partial charge < -0.3 is 10.2 Å². The summed E-state index contributed by atoms with van der Waals surface area (Å²) in [6.45, 7) is 3.73. The number of piperidine rings is 1. The van der Waals surface area contributed by atoms with E-state index in [2.05, 4.69) is 25.9 Å². The van der Waals surface area contributed by atoms with E-state index in [1.165, 1.54) is 22.3 Å². The summed E-state index contributed by atoms with van der Waals surface area (Å²) in [5, 5.41) is 9.42. The molecule has 2 aliphatic heterocycles. The smallest absolute Gasteiger partial charge is 0.321 e. The molecule has 1 aromatic carbocycles. The molecule has 1 saturated heterocycles. The molecule has 3 aromatic rings. The van der Waals surface area contributed by atoms with E-state index in [-0.39, 0.29) is 37.0 Å². The molecule has 5 rings (SSSR count). The topological polar surface area (TPSA) is 133 Å². The molecule has 0 spiro atoms. The lowest BCUT2D eigenvalue weighted by atomic mass is 10.0. The third-order valence-corrected chi connectivity index (χ3v) is 7.82. The van der Waals surface area contributed by atoms with Crippen LogP contribution in [-0.2, 0) is 21.7 Å². The fourth-order valence-electron chi connectivity index (χ4n) is 4.21. The maximum atomic E-state index is 12.8. The number of anilines is 1. The lowest BCUT2D eigenvalue weighted by Gasteiger charge is -2.29. The summed E-state index contributed by atoms with van der Waals surface area (Å²) in [5.74, 6) is -0.930. The Morgan fingerprint density at radius 1 is 1.19 bits per heavy atom. The molecule has 0 saturated carbocycles. The van der Waals surface area contributed by atoms with Crippen LogP contribution in [0.15, 0.2) is 24.3 Å². The molecule has 1 atom stereocenters. The van der Waals surface area contributed by atoms with Crippen molar-refractivity contribution in [3.8, 4) is 0 Å². The Balaban J connectivity index is 1.28. The van der Waals surface area contributed by atoms with Crippen molar-refractivity contribution in [1.29, 1.82) is 0 Å². The number of fused-ring (bicyclic) bond motifs is 2. The van der Waals surface area contributed by atoms with Crippen LogP contribution in [0, 0.1) is 0 Å². The van der Waals surface area contributed by atoms with Gasteiger partial charge in [-0.05, 0) is 44.5 Å². The minimum absolute atomic E-state index is 0.109. The van der Waals surface area contributed by atoms with Crippen molar-refractivity contribution in [2.24, 2.45) is 0 Å². The minimum atomic E-state index is -0.834. The van der Waals surface area contributed by atoms with Gasteiger partial charge in [-0.15, -0.1) is 11.3 Å². The molecule has 186 valence electrons. The van der Waals surface area contributed by atoms with Crippen LogP contribution >= 0.6 is 34.5 Å². The fourth-order valence-corrected chi connectivity index (χ4v) is 5.96. The second-order valence-corrected chi connectivity index (χ2v) is 10.9. The molecule has 2 aromatic heterocycles. The molecule has 1 unspecified atom stereocenters. The number of nitrogens with one attached hydrogen (secondary N) is 3. The number of urea groups is 1. The van der Waals surface area contributed by atoms with Gasteiger partial charge in [-0.25, -0.2) is 14.8 Å². The number of amides is 5. The minimum Gasteiger partial charge on any atom is -0.326 e. The Labute approximate surface area is 219 Å². The van der Waals surface area contributed by atoms with Crippen LogP contribution in [0.1, 0.15) is 47.7 Å². The average Bonchev–Trinajstić information content (AvgIpc) is 3.35. The molecule has 4 heterocycles. The first kappa shape index (κ1) is 24.4. The zero-order chi connectivity index (χ0) is 25.8. The van der Waals surface area contributed by atoms with Crippen LogP contribution in [0.2, 0.25) is 10.0 Å². The summed E-state index contributed by atoms with van der Waals surface area (Å²) in [5.41, 5.74) is 0.580. The molecule has 0 bridgehead atoms. The SMILES string of the molecule is CC(C)(NC(=O)Nc1ccc2c(n1)CN(C1CCC(=O)NC1=O)C2=O)c1nc2c(Cl)cc(Cl)cc2s1. The van der Waals surface area contributed by atoms with Crippen molar-refractivity contribution in [3.05, 3.63) is 50.6 Å². The number of hydrogen-bond donors (Lipinski definition) is 3. The van der Waals surface area contributed by atoms with Crippen molar-refractivity contribution in [3.63, 3.8) is 0 Å². The van der Waals surface area contributed by atoms with Crippen LogP contribution in [0.3, 0.4) is 0 Å². The monoisotopic (exact) mass is 546 g/mol. The van der Waals surface area contributed by atoms with E-state index in [4.69, 9.17) is 23.2 Å². The number of nitrogens with zero attached hydrogens (tertiary/aromatic N) is 3. The number of carbonyl (C=O) groups is 4. The zero-order valence-corrected chi connectivity index (χ0v) is 21.5. The van der Waals surface area contributed by atoms with Gasteiger partial charge in [0.05, 0.1) is 33.1 Å². The van der Waals surface area contributed by atoms with E-state index in [1.807, 2.05) is 13.8 Å². The molecule has 1 fully saturated rings. The first-order valence-corrected chi connectivity index (χ1v) is 12.6. The number of carbonyl (C=O) groups excluding carboxylic acids is 4. The van der Waals surface area contributed by atoms with E-state index >= 15 is 0 Å². The maximum Gasteiger partial charge on any atom is 0.321 e. The number of pyridine rings is 1. The van der Waals surface area contributed by atoms with Crippen molar-refractivity contribution >= 4 is 74.3 Å². The number of hydrogen-bond acceptors (Lipinski definition) is 7. The summed E-state index contributed by atoms with van der Waals surface area (Å²) in [7, 11) is 0. The van der Waals surface area contributed by atoms with Gasteiger partial charge >= 0.3 is 6.03 Å². The highest BCUT2D eigenvalue weighted by molar-refractivity contribution is 7.18. The maximum absolute atomic E-state index is 12.8. The molecule has 0 aliphatic carbocycles. The van der Waals surface area contributed by atoms with Crippen molar-refractivity contribution in [1.82, 2.24) is 25.5 Å². The van der Waals surface area contributed by atoms with Gasteiger partial charge in [-0.1, -0.05) is 23.2 Å². The van der Waals surface area contributed by atoms with Crippen LogP contribution in [0.4, 0.5) is 10.6 Å². The Bertz CT molecular complexity index is 1460. The summed E-state index contributed by atoms with van der Waals surface area (Å²) in [4.78, 5) is 59.6. The van der Waals surface area contributed by atoms with Gasteiger partial charge in [-0.3, -0.25) is 25.0 Å². The molecular weight excluding hydrogens is 527 g/mol. The Morgan fingerprint density at radius 2 is 1.97 bits per heavy atom. The first-order chi connectivity index (χ1) is 17.0.